The summed E-state index contributed by atoms with van der Waals surface area (Å²) >= 11 is 0. The second-order valence-electron chi connectivity index (χ2n) is 6.16. The third-order valence-electron chi connectivity index (χ3n) is 4.22. The van der Waals surface area contributed by atoms with Crippen molar-refractivity contribution in [1.82, 2.24) is 5.43 Å². The molecular weight excluding hydrogens is 248 g/mol. The summed E-state index contributed by atoms with van der Waals surface area (Å²) < 4.78 is 0. The number of hydrogen-bond donors (Lipinski definition) is 1. The molecule has 1 saturated carbocycles. The maximum Gasteiger partial charge on any atom is 0.240 e. The zero-order valence-corrected chi connectivity index (χ0v) is 13.4. The highest BCUT2D eigenvalue weighted by Crippen LogP contribution is 2.20. The van der Waals surface area contributed by atoms with E-state index in [1.165, 1.54) is 63.5 Å². The van der Waals surface area contributed by atoms with Gasteiger partial charge in [-0.1, -0.05) is 58.8 Å². The Labute approximate surface area is 124 Å². The molecule has 0 bridgehead atoms. The van der Waals surface area contributed by atoms with Gasteiger partial charge < -0.3 is 0 Å². The molecule has 1 fully saturated rings. The molecule has 0 aliphatic heterocycles. The molecule has 1 atom stereocenters. The van der Waals surface area contributed by atoms with Crippen LogP contribution in [0.2, 0.25) is 0 Å². The molecule has 0 saturated heterocycles. The van der Waals surface area contributed by atoms with Crippen molar-refractivity contribution in [2.45, 2.75) is 90.9 Å². The maximum atomic E-state index is 11.7. The number of amides is 1. The van der Waals surface area contributed by atoms with E-state index >= 15 is 0 Å². The van der Waals surface area contributed by atoms with E-state index in [2.05, 4.69) is 24.4 Å². The molecule has 1 unspecified atom stereocenters. The standard InChI is InChI=1S/C17H32N2O/c1-3-4-5-6-7-8-9-14-17(20)19-18-16-13-11-10-12-15(16)2/h15H,3-14H2,1-2H3,(H,19,20)/b18-16+. The number of carbonyl (C=O) groups is 1. The molecule has 3 heteroatoms. The Morgan fingerprint density at radius 1 is 1.15 bits per heavy atom. The van der Waals surface area contributed by atoms with Gasteiger partial charge in [0.15, 0.2) is 0 Å². The van der Waals surface area contributed by atoms with E-state index in [-0.39, 0.29) is 5.91 Å². The van der Waals surface area contributed by atoms with Gasteiger partial charge in [0, 0.05) is 12.1 Å². The lowest BCUT2D eigenvalue weighted by Gasteiger charge is -2.19. The van der Waals surface area contributed by atoms with E-state index in [1.807, 2.05) is 0 Å². The van der Waals surface area contributed by atoms with Gasteiger partial charge in [0.25, 0.3) is 0 Å². The van der Waals surface area contributed by atoms with Gasteiger partial charge in [0.05, 0.1) is 0 Å². The SMILES string of the molecule is CCCCCCCCCC(=O)N/N=C1\CCCCC1C. The third kappa shape index (κ3) is 7.66. The molecule has 0 aromatic carbocycles. The van der Waals surface area contributed by atoms with Crippen molar-refractivity contribution in [3.8, 4) is 0 Å². The van der Waals surface area contributed by atoms with Gasteiger partial charge in [-0.2, -0.15) is 5.10 Å². The Bertz CT molecular complexity index is 299. The smallest absolute Gasteiger partial charge is 0.240 e. The number of carbonyl (C=O) groups excluding carboxylic acids is 1. The van der Waals surface area contributed by atoms with Crippen LogP contribution in [0.4, 0.5) is 0 Å². The summed E-state index contributed by atoms with van der Waals surface area (Å²) in [7, 11) is 0. The van der Waals surface area contributed by atoms with Crippen molar-refractivity contribution in [2.24, 2.45) is 11.0 Å². The zero-order chi connectivity index (χ0) is 14.6. The van der Waals surface area contributed by atoms with Crippen molar-refractivity contribution in [2.75, 3.05) is 0 Å². The van der Waals surface area contributed by atoms with Crippen molar-refractivity contribution in [3.63, 3.8) is 0 Å². The molecule has 1 N–H and O–H groups in total. The summed E-state index contributed by atoms with van der Waals surface area (Å²) in [6.07, 6.45) is 14.1. The lowest BCUT2D eigenvalue weighted by molar-refractivity contribution is -0.121. The molecule has 1 amide bonds. The molecular formula is C17H32N2O. The highest BCUT2D eigenvalue weighted by atomic mass is 16.2. The predicted octanol–water partition coefficient (Wildman–Crippen LogP) is 4.81. The molecule has 116 valence electrons. The lowest BCUT2D eigenvalue weighted by atomic mass is 9.89. The first-order chi connectivity index (χ1) is 9.74. The maximum absolute atomic E-state index is 11.7. The second-order valence-corrected chi connectivity index (χ2v) is 6.16. The first kappa shape index (κ1) is 17.2. The molecule has 3 nitrogen and oxygen atoms in total. The number of rotatable bonds is 9. The first-order valence-corrected chi connectivity index (χ1v) is 8.59. The van der Waals surface area contributed by atoms with Crippen LogP contribution in [-0.4, -0.2) is 11.6 Å². The van der Waals surface area contributed by atoms with E-state index in [0.29, 0.717) is 12.3 Å². The average Bonchev–Trinajstić information content (AvgIpc) is 2.45. The minimum absolute atomic E-state index is 0.0869. The Morgan fingerprint density at radius 2 is 1.85 bits per heavy atom. The third-order valence-corrected chi connectivity index (χ3v) is 4.22. The molecule has 0 aromatic heterocycles. The van der Waals surface area contributed by atoms with E-state index in [0.717, 1.165) is 12.8 Å². The summed E-state index contributed by atoms with van der Waals surface area (Å²) in [5.74, 6) is 0.631. The Kier molecular flexibility index (Phi) is 9.35. The summed E-state index contributed by atoms with van der Waals surface area (Å²) in [4.78, 5) is 11.7. The lowest BCUT2D eigenvalue weighted by Crippen LogP contribution is -2.24. The minimum Gasteiger partial charge on any atom is -0.273 e. The number of hydrazone groups is 1. The fourth-order valence-corrected chi connectivity index (χ4v) is 2.77. The van der Waals surface area contributed by atoms with E-state index in [1.54, 1.807) is 0 Å². The van der Waals surface area contributed by atoms with Gasteiger partial charge in [-0.05, 0) is 31.6 Å². The monoisotopic (exact) mass is 280 g/mol. The van der Waals surface area contributed by atoms with Crippen LogP contribution >= 0.6 is 0 Å². The largest absolute Gasteiger partial charge is 0.273 e. The fourth-order valence-electron chi connectivity index (χ4n) is 2.77. The Balaban J connectivity index is 2.04. The van der Waals surface area contributed by atoms with Gasteiger partial charge in [-0.25, -0.2) is 5.43 Å². The fraction of sp³-hybridized carbons (Fsp3) is 0.882. The van der Waals surface area contributed by atoms with E-state index in [9.17, 15) is 4.79 Å². The molecule has 20 heavy (non-hydrogen) atoms. The zero-order valence-electron chi connectivity index (χ0n) is 13.4. The Morgan fingerprint density at radius 3 is 2.55 bits per heavy atom. The molecule has 1 aliphatic rings. The number of hydrogen-bond acceptors (Lipinski definition) is 2. The molecule has 0 radical (unpaired) electrons. The van der Waals surface area contributed by atoms with Gasteiger partial charge >= 0.3 is 0 Å². The van der Waals surface area contributed by atoms with Crippen molar-refractivity contribution < 1.29 is 4.79 Å². The summed E-state index contributed by atoms with van der Waals surface area (Å²) in [5, 5.41) is 4.32. The molecule has 1 aliphatic carbocycles. The predicted molar refractivity (Wildman–Crippen MR) is 85.8 cm³/mol. The average molecular weight is 280 g/mol. The summed E-state index contributed by atoms with van der Waals surface area (Å²) in [6.45, 7) is 4.44. The van der Waals surface area contributed by atoms with Crippen LogP contribution in [0.3, 0.4) is 0 Å². The molecule has 0 heterocycles. The van der Waals surface area contributed by atoms with Crippen LogP contribution in [-0.2, 0) is 4.79 Å². The quantitative estimate of drug-likeness (QED) is 0.478. The van der Waals surface area contributed by atoms with Crippen molar-refractivity contribution in [3.05, 3.63) is 0 Å². The summed E-state index contributed by atoms with van der Waals surface area (Å²) in [6, 6.07) is 0. The normalized spacial score (nSPS) is 21.1. The van der Waals surface area contributed by atoms with Crippen molar-refractivity contribution in [1.29, 1.82) is 0 Å². The van der Waals surface area contributed by atoms with E-state index in [4.69, 9.17) is 0 Å². The first-order valence-electron chi connectivity index (χ1n) is 8.59. The van der Waals surface area contributed by atoms with Crippen LogP contribution in [0, 0.1) is 5.92 Å². The van der Waals surface area contributed by atoms with Crippen LogP contribution in [0.5, 0.6) is 0 Å². The molecule has 0 aromatic rings. The number of nitrogens with one attached hydrogen (secondary N) is 1. The highest BCUT2D eigenvalue weighted by molar-refractivity contribution is 5.88. The topological polar surface area (TPSA) is 41.5 Å². The van der Waals surface area contributed by atoms with Crippen LogP contribution < -0.4 is 5.43 Å². The summed E-state index contributed by atoms with van der Waals surface area (Å²) in [5.41, 5.74) is 3.93. The molecule has 1 rings (SSSR count). The van der Waals surface area contributed by atoms with Crippen LogP contribution in [0.1, 0.15) is 90.9 Å². The number of unbranched alkanes of at least 4 members (excludes halogenated alkanes) is 6. The highest BCUT2D eigenvalue weighted by Gasteiger charge is 2.15. The van der Waals surface area contributed by atoms with Gasteiger partial charge in [-0.3, -0.25) is 4.79 Å². The number of nitrogens with zero attached hydrogens (tertiary/aromatic N) is 1. The van der Waals surface area contributed by atoms with Crippen molar-refractivity contribution >= 4 is 11.6 Å². The van der Waals surface area contributed by atoms with Crippen LogP contribution in [0.15, 0.2) is 5.10 Å². The second kappa shape index (κ2) is 10.9. The van der Waals surface area contributed by atoms with Gasteiger partial charge in [0.1, 0.15) is 0 Å². The van der Waals surface area contributed by atoms with Crippen LogP contribution in [0.25, 0.3) is 0 Å². The van der Waals surface area contributed by atoms with Gasteiger partial charge in [-0.15, -0.1) is 0 Å². The van der Waals surface area contributed by atoms with Gasteiger partial charge in [0.2, 0.25) is 5.91 Å². The van der Waals surface area contributed by atoms with E-state index < -0.39 is 0 Å². The minimum atomic E-state index is 0.0869. The molecule has 0 spiro atoms. The Hall–Kier alpha value is -0.860.